The highest BCUT2D eigenvalue weighted by Gasteiger charge is 2.06. The van der Waals surface area contributed by atoms with Crippen molar-refractivity contribution < 1.29 is 14.2 Å². The van der Waals surface area contributed by atoms with E-state index >= 15 is 0 Å². The van der Waals surface area contributed by atoms with Gasteiger partial charge in [-0.25, -0.2) is 0 Å². The van der Waals surface area contributed by atoms with Crippen molar-refractivity contribution in [1.82, 2.24) is 0 Å². The van der Waals surface area contributed by atoms with Gasteiger partial charge in [0.1, 0.15) is 42.1 Å². The van der Waals surface area contributed by atoms with Gasteiger partial charge < -0.3 is 25.7 Å². The van der Waals surface area contributed by atoms with Gasteiger partial charge in [-0.05, 0) is 84.8 Å². The summed E-state index contributed by atoms with van der Waals surface area (Å²) in [5, 5.41) is 14.9. The number of nitrogens with two attached hydrogens (primary N) is 2. The quantitative estimate of drug-likeness (QED) is 0.294. The molecule has 7 nitrogen and oxygen atoms in total. The molecule has 31 heavy (non-hydrogen) atoms. The summed E-state index contributed by atoms with van der Waals surface area (Å²) in [6.45, 7) is 3.22. The minimum Gasteiger partial charge on any atom is -0.494 e. The summed E-state index contributed by atoms with van der Waals surface area (Å²) in [4.78, 5) is 0. The molecular weight excluding hydrogens is 392 g/mol. The van der Waals surface area contributed by atoms with Crippen LogP contribution < -0.4 is 25.7 Å². The Morgan fingerprint density at radius 2 is 1.06 bits per heavy atom. The summed E-state index contributed by atoms with van der Waals surface area (Å²) in [5.41, 5.74) is 14.2. The van der Waals surface area contributed by atoms with Crippen LogP contribution in [0.3, 0.4) is 0 Å². The van der Waals surface area contributed by atoms with Crippen LogP contribution in [0, 0.1) is 10.8 Å². The van der Waals surface area contributed by atoms with Crippen molar-refractivity contribution in [3.63, 3.8) is 0 Å². The molecule has 0 saturated carbocycles. The van der Waals surface area contributed by atoms with Crippen LogP contribution in [0.25, 0.3) is 0 Å². The maximum atomic E-state index is 7.46. The molecule has 6 N–H and O–H groups in total. The molecule has 0 atom stereocenters. The number of rotatable bonds is 10. The van der Waals surface area contributed by atoms with Crippen LogP contribution in [0.4, 0.5) is 0 Å². The third-order valence-electron chi connectivity index (χ3n) is 4.48. The van der Waals surface area contributed by atoms with Gasteiger partial charge in [0.2, 0.25) is 0 Å². The van der Waals surface area contributed by atoms with Crippen LogP contribution in [0.5, 0.6) is 17.2 Å². The lowest BCUT2D eigenvalue weighted by Crippen LogP contribution is -2.10. The summed E-state index contributed by atoms with van der Waals surface area (Å²) in [6, 6.07) is 20.1. The minimum absolute atomic E-state index is 0.0246. The van der Waals surface area contributed by atoms with Crippen molar-refractivity contribution in [1.29, 1.82) is 10.8 Å². The highest BCUT2D eigenvalue weighted by molar-refractivity contribution is 5.95. The van der Waals surface area contributed by atoms with Crippen molar-refractivity contribution in [2.75, 3.05) is 6.61 Å². The smallest absolute Gasteiger partial charge is 0.122 e. The number of benzene rings is 3. The predicted octanol–water partition coefficient (Wildman–Crippen LogP) is 3.81. The lowest BCUT2D eigenvalue weighted by Gasteiger charge is -2.13. The zero-order chi connectivity index (χ0) is 22.2. The first kappa shape index (κ1) is 21.7. The largest absolute Gasteiger partial charge is 0.494 e. The van der Waals surface area contributed by atoms with Gasteiger partial charge in [0.15, 0.2) is 0 Å². The van der Waals surface area contributed by atoms with E-state index in [0.717, 1.165) is 16.9 Å². The molecule has 0 bridgehead atoms. The van der Waals surface area contributed by atoms with Crippen molar-refractivity contribution >= 4 is 11.7 Å². The van der Waals surface area contributed by atoms with Gasteiger partial charge >= 0.3 is 0 Å². The Hall–Kier alpha value is -4.00. The molecule has 3 aromatic carbocycles. The average molecular weight is 418 g/mol. The monoisotopic (exact) mass is 418 g/mol. The molecule has 0 aliphatic carbocycles. The number of nitrogen functional groups attached to an aromatic ring is 2. The average Bonchev–Trinajstić information content (AvgIpc) is 2.77. The molecule has 0 aliphatic rings. The number of amidine groups is 2. The van der Waals surface area contributed by atoms with Crippen LogP contribution in [0.15, 0.2) is 66.7 Å². The van der Waals surface area contributed by atoms with E-state index in [-0.39, 0.29) is 11.7 Å². The van der Waals surface area contributed by atoms with Gasteiger partial charge in [0.25, 0.3) is 0 Å². The van der Waals surface area contributed by atoms with E-state index in [2.05, 4.69) is 0 Å². The van der Waals surface area contributed by atoms with Crippen LogP contribution in [-0.2, 0) is 13.2 Å². The fraction of sp³-hybridized carbons (Fsp3) is 0.167. The molecule has 0 aliphatic heterocycles. The molecule has 0 aromatic heterocycles. The zero-order valence-corrected chi connectivity index (χ0v) is 17.4. The van der Waals surface area contributed by atoms with Crippen LogP contribution >= 0.6 is 0 Å². The summed E-state index contributed by atoms with van der Waals surface area (Å²) in [7, 11) is 0. The van der Waals surface area contributed by atoms with Crippen LogP contribution in [0.2, 0.25) is 0 Å². The molecule has 0 fully saturated rings. The standard InChI is InChI=1S/C24H26N4O3/c1-2-29-22-12-16(14-30-20-7-3-18(4-8-20)23(25)26)11-17(13-22)15-31-21-9-5-19(6-10-21)24(27)28/h3-13H,2,14-15H2,1H3,(H3,25,26)(H3,27,28). The molecule has 0 saturated heterocycles. The summed E-state index contributed by atoms with van der Waals surface area (Å²) >= 11 is 0. The van der Waals surface area contributed by atoms with Gasteiger partial charge in [-0.2, -0.15) is 0 Å². The minimum atomic E-state index is 0.0246. The Bertz CT molecular complexity index is 968. The molecule has 0 unspecified atom stereocenters. The second kappa shape index (κ2) is 10.2. The number of ether oxygens (including phenoxy) is 3. The van der Waals surface area contributed by atoms with Gasteiger partial charge in [0, 0.05) is 11.1 Å². The molecular formula is C24H26N4O3. The number of hydrogen-bond acceptors (Lipinski definition) is 5. The topological polar surface area (TPSA) is 127 Å². The summed E-state index contributed by atoms with van der Waals surface area (Å²) in [5.74, 6) is 2.18. The Balaban J connectivity index is 1.67. The third kappa shape index (κ3) is 6.24. The second-order valence-electron chi connectivity index (χ2n) is 6.87. The molecule has 3 rings (SSSR count). The molecule has 0 spiro atoms. The van der Waals surface area contributed by atoms with E-state index in [9.17, 15) is 0 Å². The Morgan fingerprint density at radius 1 is 0.645 bits per heavy atom. The number of hydrogen-bond donors (Lipinski definition) is 4. The zero-order valence-electron chi connectivity index (χ0n) is 17.4. The Morgan fingerprint density at radius 3 is 1.42 bits per heavy atom. The van der Waals surface area contributed by atoms with Gasteiger partial charge in [-0.3, -0.25) is 10.8 Å². The second-order valence-corrected chi connectivity index (χ2v) is 6.87. The Labute approximate surface area is 181 Å². The summed E-state index contributed by atoms with van der Waals surface area (Å²) in [6.07, 6.45) is 0. The highest BCUT2D eigenvalue weighted by Crippen LogP contribution is 2.22. The van der Waals surface area contributed by atoms with E-state index in [1.165, 1.54) is 0 Å². The maximum absolute atomic E-state index is 7.46. The van der Waals surface area contributed by atoms with E-state index in [1.807, 2.05) is 25.1 Å². The summed E-state index contributed by atoms with van der Waals surface area (Å²) < 4.78 is 17.4. The first-order chi connectivity index (χ1) is 14.9. The molecule has 0 amide bonds. The number of nitrogens with one attached hydrogen (secondary N) is 2. The van der Waals surface area contributed by atoms with Gasteiger partial charge in [0.05, 0.1) is 6.61 Å². The van der Waals surface area contributed by atoms with E-state index in [1.54, 1.807) is 48.5 Å². The van der Waals surface area contributed by atoms with E-state index < -0.39 is 0 Å². The van der Waals surface area contributed by atoms with Gasteiger partial charge in [-0.15, -0.1) is 0 Å². The first-order valence-corrected chi connectivity index (χ1v) is 9.84. The van der Waals surface area contributed by atoms with Crippen LogP contribution in [0.1, 0.15) is 29.2 Å². The maximum Gasteiger partial charge on any atom is 0.122 e. The molecule has 0 radical (unpaired) electrons. The van der Waals surface area contributed by atoms with Crippen LogP contribution in [-0.4, -0.2) is 18.3 Å². The van der Waals surface area contributed by atoms with E-state index in [0.29, 0.717) is 42.4 Å². The molecule has 7 heteroatoms. The lowest BCUT2D eigenvalue weighted by molar-refractivity contribution is 0.295. The van der Waals surface area contributed by atoms with E-state index in [4.69, 9.17) is 36.5 Å². The van der Waals surface area contributed by atoms with Crippen molar-refractivity contribution in [2.45, 2.75) is 20.1 Å². The van der Waals surface area contributed by atoms with Gasteiger partial charge in [-0.1, -0.05) is 0 Å². The fourth-order valence-corrected chi connectivity index (χ4v) is 2.94. The third-order valence-corrected chi connectivity index (χ3v) is 4.48. The van der Waals surface area contributed by atoms with Crippen molar-refractivity contribution in [3.8, 4) is 17.2 Å². The van der Waals surface area contributed by atoms with Crippen molar-refractivity contribution in [3.05, 3.63) is 89.0 Å². The van der Waals surface area contributed by atoms with Crippen molar-refractivity contribution in [2.24, 2.45) is 11.5 Å². The Kier molecular flexibility index (Phi) is 7.11. The fourth-order valence-electron chi connectivity index (χ4n) is 2.94. The lowest BCUT2D eigenvalue weighted by atomic mass is 10.1. The predicted molar refractivity (Wildman–Crippen MR) is 121 cm³/mol. The molecule has 3 aromatic rings. The normalized spacial score (nSPS) is 10.4. The SMILES string of the molecule is CCOc1cc(COc2ccc(C(=N)N)cc2)cc(COc2ccc(C(=N)N)cc2)c1. The molecule has 0 heterocycles. The molecule has 160 valence electrons. The highest BCUT2D eigenvalue weighted by atomic mass is 16.5. The first-order valence-electron chi connectivity index (χ1n) is 9.84.